The van der Waals surface area contributed by atoms with Gasteiger partial charge in [-0.05, 0) is 44.4 Å². The molecule has 6 heteroatoms. The monoisotopic (exact) mass is 299 g/mol. The molecule has 0 aliphatic heterocycles. The van der Waals surface area contributed by atoms with Crippen LogP contribution in [0.5, 0.6) is 0 Å². The van der Waals surface area contributed by atoms with Crippen LogP contribution in [0.1, 0.15) is 49.7 Å². The summed E-state index contributed by atoms with van der Waals surface area (Å²) in [6.45, 7) is 6.90. The molecule has 1 aromatic heterocycles. The van der Waals surface area contributed by atoms with Crippen molar-refractivity contribution in [3.63, 3.8) is 0 Å². The second kappa shape index (κ2) is 7.69. The Morgan fingerprint density at radius 2 is 2.00 bits per heavy atom. The molecule has 0 aromatic carbocycles. The van der Waals surface area contributed by atoms with Crippen LogP contribution in [-0.2, 0) is 16.3 Å². The molecule has 1 aromatic rings. The number of nitrogens with one attached hydrogen (secondary N) is 1. The van der Waals surface area contributed by atoms with Crippen LogP contribution in [0.15, 0.2) is 6.07 Å². The molecule has 0 amide bonds. The quantitative estimate of drug-likeness (QED) is 0.793. The normalized spacial score (nSPS) is 13.4. The zero-order valence-electron chi connectivity index (χ0n) is 12.8. The fourth-order valence-electron chi connectivity index (χ4n) is 2.13. The van der Waals surface area contributed by atoms with Crippen molar-refractivity contribution in [3.05, 3.63) is 23.0 Å². The Kier molecular flexibility index (Phi) is 6.55. The van der Waals surface area contributed by atoms with Gasteiger partial charge in [0.2, 0.25) is 0 Å². The molecule has 0 radical (unpaired) electrons. The van der Waals surface area contributed by atoms with Crippen molar-refractivity contribution in [2.24, 2.45) is 0 Å². The van der Waals surface area contributed by atoms with Crippen LogP contribution in [0.4, 0.5) is 0 Å². The molecule has 1 heterocycles. The first-order chi connectivity index (χ1) is 9.37. The lowest BCUT2D eigenvalue weighted by Crippen LogP contribution is -2.26. The zero-order chi connectivity index (χ0) is 15.2. The average Bonchev–Trinajstić information content (AvgIpc) is 2.37. The molecule has 1 atom stereocenters. The maximum atomic E-state index is 11.4. The van der Waals surface area contributed by atoms with Crippen molar-refractivity contribution in [3.8, 4) is 0 Å². The molecule has 0 bridgehead atoms. The summed E-state index contributed by atoms with van der Waals surface area (Å²) in [5.74, 6) is 0.179. The standard InChI is InChI=1S/C14H25N3O2S/c1-5-8-15-14(7-9-20(4,18)19)12-10-11(3)16-17-13(12)6-2/h10,14-15H,5-9H2,1-4H3. The third kappa shape index (κ3) is 5.54. The SMILES string of the molecule is CCCNC(CCS(C)(=O)=O)c1cc(C)nnc1CC. The Morgan fingerprint density at radius 3 is 2.55 bits per heavy atom. The van der Waals surface area contributed by atoms with Gasteiger partial charge in [0.1, 0.15) is 9.84 Å². The van der Waals surface area contributed by atoms with Crippen LogP contribution >= 0.6 is 0 Å². The van der Waals surface area contributed by atoms with Crippen LogP contribution in [0, 0.1) is 6.92 Å². The van der Waals surface area contributed by atoms with Crippen LogP contribution in [-0.4, -0.2) is 37.2 Å². The lowest BCUT2D eigenvalue weighted by atomic mass is 10.0. The van der Waals surface area contributed by atoms with Crippen LogP contribution in [0.2, 0.25) is 0 Å². The van der Waals surface area contributed by atoms with Crippen molar-refractivity contribution >= 4 is 9.84 Å². The number of hydrogen-bond acceptors (Lipinski definition) is 5. The predicted octanol–water partition coefficient (Wildman–Crippen LogP) is 1.82. The molecule has 114 valence electrons. The summed E-state index contributed by atoms with van der Waals surface area (Å²) in [6, 6.07) is 2.04. The lowest BCUT2D eigenvalue weighted by molar-refractivity contribution is 0.506. The molecule has 0 aliphatic rings. The van der Waals surface area contributed by atoms with E-state index in [1.807, 2.05) is 19.9 Å². The van der Waals surface area contributed by atoms with E-state index in [2.05, 4.69) is 22.4 Å². The van der Waals surface area contributed by atoms with Gasteiger partial charge in [0, 0.05) is 12.3 Å². The maximum absolute atomic E-state index is 11.4. The molecular formula is C14H25N3O2S. The largest absolute Gasteiger partial charge is 0.310 e. The molecule has 0 fully saturated rings. The first-order valence-electron chi connectivity index (χ1n) is 7.11. The van der Waals surface area contributed by atoms with Crippen LogP contribution in [0.25, 0.3) is 0 Å². The van der Waals surface area contributed by atoms with Gasteiger partial charge in [0.05, 0.1) is 17.1 Å². The van der Waals surface area contributed by atoms with E-state index in [0.717, 1.165) is 36.3 Å². The Bertz CT molecular complexity index is 529. The van der Waals surface area contributed by atoms with E-state index in [9.17, 15) is 8.42 Å². The van der Waals surface area contributed by atoms with Crippen LogP contribution < -0.4 is 5.32 Å². The number of aromatic nitrogens is 2. The minimum absolute atomic E-state index is 0.0221. The number of nitrogens with zero attached hydrogens (tertiary/aromatic N) is 2. The average molecular weight is 299 g/mol. The Morgan fingerprint density at radius 1 is 1.30 bits per heavy atom. The highest BCUT2D eigenvalue weighted by Crippen LogP contribution is 2.21. The first kappa shape index (κ1) is 17.0. The van der Waals surface area contributed by atoms with Gasteiger partial charge in [-0.1, -0.05) is 13.8 Å². The minimum atomic E-state index is -2.96. The van der Waals surface area contributed by atoms with E-state index in [1.165, 1.54) is 6.26 Å². The smallest absolute Gasteiger partial charge is 0.147 e. The number of rotatable bonds is 8. The fraction of sp³-hybridized carbons (Fsp3) is 0.714. The summed E-state index contributed by atoms with van der Waals surface area (Å²) in [7, 11) is -2.96. The van der Waals surface area contributed by atoms with Crippen molar-refractivity contribution in [1.29, 1.82) is 0 Å². The summed E-state index contributed by atoms with van der Waals surface area (Å²) in [4.78, 5) is 0. The molecule has 1 unspecified atom stereocenters. The minimum Gasteiger partial charge on any atom is -0.310 e. The van der Waals surface area contributed by atoms with Crippen molar-refractivity contribution in [2.75, 3.05) is 18.6 Å². The Hall–Kier alpha value is -1.01. The summed E-state index contributed by atoms with van der Waals surface area (Å²) in [5, 5.41) is 11.7. The van der Waals surface area contributed by atoms with Gasteiger partial charge >= 0.3 is 0 Å². The predicted molar refractivity (Wildman–Crippen MR) is 81.5 cm³/mol. The summed E-state index contributed by atoms with van der Waals surface area (Å²) >= 11 is 0. The summed E-state index contributed by atoms with van der Waals surface area (Å²) < 4.78 is 22.8. The van der Waals surface area contributed by atoms with E-state index >= 15 is 0 Å². The van der Waals surface area contributed by atoms with Gasteiger partial charge in [0.15, 0.2) is 0 Å². The highest BCUT2D eigenvalue weighted by atomic mass is 32.2. The topological polar surface area (TPSA) is 72.0 Å². The van der Waals surface area contributed by atoms with Crippen molar-refractivity contribution in [2.45, 2.75) is 46.1 Å². The van der Waals surface area contributed by atoms with Gasteiger partial charge in [-0.3, -0.25) is 0 Å². The lowest BCUT2D eigenvalue weighted by Gasteiger charge is -2.21. The van der Waals surface area contributed by atoms with Gasteiger partial charge in [-0.25, -0.2) is 8.42 Å². The van der Waals surface area contributed by atoms with Crippen molar-refractivity contribution < 1.29 is 8.42 Å². The van der Waals surface area contributed by atoms with E-state index < -0.39 is 9.84 Å². The van der Waals surface area contributed by atoms with E-state index in [4.69, 9.17) is 0 Å². The molecule has 0 saturated heterocycles. The molecule has 1 N–H and O–H groups in total. The third-order valence-electron chi connectivity index (χ3n) is 3.15. The summed E-state index contributed by atoms with van der Waals surface area (Å²) in [6.07, 6.45) is 3.65. The van der Waals surface area contributed by atoms with Crippen molar-refractivity contribution in [1.82, 2.24) is 15.5 Å². The second-order valence-electron chi connectivity index (χ2n) is 5.17. The number of hydrogen-bond donors (Lipinski definition) is 1. The highest BCUT2D eigenvalue weighted by molar-refractivity contribution is 7.90. The second-order valence-corrected chi connectivity index (χ2v) is 7.43. The van der Waals surface area contributed by atoms with E-state index in [1.54, 1.807) is 0 Å². The van der Waals surface area contributed by atoms with Gasteiger partial charge in [-0.2, -0.15) is 10.2 Å². The first-order valence-corrected chi connectivity index (χ1v) is 9.17. The Balaban J connectivity index is 2.99. The number of sulfone groups is 1. The highest BCUT2D eigenvalue weighted by Gasteiger charge is 2.18. The molecule has 20 heavy (non-hydrogen) atoms. The van der Waals surface area contributed by atoms with Gasteiger partial charge < -0.3 is 5.32 Å². The Labute approximate surface area is 122 Å². The van der Waals surface area contributed by atoms with Crippen LogP contribution in [0.3, 0.4) is 0 Å². The van der Waals surface area contributed by atoms with Gasteiger partial charge in [0.25, 0.3) is 0 Å². The molecule has 5 nitrogen and oxygen atoms in total. The maximum Gasteiger partial charge on any atom is 0.147 e. The molecule has 0 saturated carbocycles. The molecule has 0 aliphatic carbocycles. The molecule has 0 spiro atoms. The van der Waals surface area contributed by atoms with E-state index in [0.29, 0.717) is 6.42 Å². The number of aryl methyl sites for hydroxylation is 2. The van der Waals surface area contributed by atoms with E-state index in [-0.39, 0.29) is 11.8 Å². The zero-order valence-corrected chi connectivity index (χ0v) is 13.6. The third-order valence-corrected chi connectivity index (χ3v) is 4.13. The molecule has 1 rings (SSSR count). The fourth-order valence-corrected chi connectivity index (χ4v) is 2.79. The molecular weight excluding hydrogens is 274 g/mol. The van der Waals surface area contributed by atoms with Gasteiger partial charge in [-0.15, -0.1) is 0 Å². The summed E-state index contributed by atoms with van der Waals surface area (Å²) in [5.41, 5.74) is 2.88.